The van der Waals surface area contributed by atoms with Crippen molar-refractivity contribution in [2.45, 2.75) is 19.1 Å². The van der Waals surface area contributed by atoms with Crippen LogP contribution in [0.3, 0.4) is 0 Å². The molecule has 1 amide bonds. The zero-order chi connectivity index (χ0) is 17.3. The molecule has 1 rings (SSSR count). The summed E-state index contributed by atoms with van der Waals surface area (Å²) in [5.74, 6) is -0.449. The number of nitrogens with zero attached hydrogens (tertiary/aromatic N) is 1. The maximum atomic E-state index is 11.9. The maximum Gasteiger partial charge on any atom is 0.408 e. The molecule has 0 saturated carbocycles. The summed E-state index contributed by atoms with van der Waals surface area (Å²) in [6, 6.07) is 8.24. The van der Waals surface area contributed by atoms with E-state index in [1.165, 1.54) is 20.4 Å². The van der Waals surface area contributed by atoms with Crippen molar-refractivity contribution in [1.29, 1.82) is 0 Å². The van der Waals surface area contributed by atoms with Crippen LogP contribution in [-0.2, 0) is 30.6 Å². The molecule has 1 aromatic rings. The summed E-state index contributed by atoms with van der Waals surface area (Å²) in [5.41, 5.74) is 0.832. The van der Waals surface area contributed by atoms with E-state index in [1.807, 2.05) is 30.3 Å². The molecule has 8 heteroatoms. The lowest BCUT2D eigenvalue weighted by Gasteiger charge is -2.16. The third-order valence-corrected chi connectivity index (χ3v) is 4.93. The van der Waals surface area contributed by atoms with Gasteiger partial charge in [0, 0.05) is 28.8 Å². The Hall–Kier alpha value is -2.09. The first-order valence-electron chi connectivity index (χ1n) is 7.01. The fourth-order valence-electron chi connectivity index (χ4n) is 1.73. The van der Waals surface area contributed by atoms with Crippen molar-refractivity contribution in [2.75, 3.05) is 26.2 Å². The summed E-state index contributed by atoms with van der Waals surface area (Å²) in [5, 5.41) is 2.43. The molecule has 1 aromatic carbocycles. The molecule has 0 bridgehead atoms. The van der Waals surface area contributed by atoms with E-state index in [2.05, 4.69) is 14.4 Å². The van der Waals surface area contributed by atoms with Crippen LogP contribution in [0.2, 0.25) is 0 Å². The molecule has 2 unspecified atom stereocenters. The predicted octanol–water partition coefficient (Wildman–Crippen LogP) is 1.57. The first-order chi connectivity index (χ1) is 10.9. The fourth-order valence-corrected chi connectivity index (χ4v) is 2.58. The number of esters is 1. The molecule has 128 valence electrons. The van der Waals surface area contributed by atoms with E-state index < -0.39 is 27.8 Å². The van der Waals surface area contributed by atoms with Gasteiger partial charge in [-0.3, -0.25) is 4.21 Å². The van der Waals surface area contributed by atoms with Crippen molar-refractivity contribution in [2.24, 2.45) is 4.36 Å². The number of nitrogens with one attached hydrogen (secondary N) is 1. The molecule has 23 heavy (non-hydrogen) atoms. The standard InChI is InChI=1S/C15H22N2O5S/c1-16-23(3,20)10-9-13(14(18)21-2)17-15(19)22-11-12-7-5-4-6-8-12/h4-8,13H,9-11H2,1-3H3,(H,17,19). The molecule has 0 aliphatic heterocycles. The van der Waals surface area contributed by atoms with Gasteiger partial charge in [0.15, 0.2) is 0 Å². The van der Waals surface area contributed by atoms with Gasteiger partial charge < -0.3 is 14.8 Å². The lowest BCUT2D eigenvalue weighted by Crippen LogP contribution is -2.42. The Morgan fingerprint density at radius 1 is 1.30 bits per heavy atom. The second-order valence-electron chi connectivity index (χ2n) is 4.92. The van der Waals surface area contributed by atoms with Gasteiger partial charge in [0.05, 0.1) is 7.11 Å². The van der Waals surface area contributed by atoms with Crippen molar-refractivity contribution in [3.63, 3.8) is 0 Å². The van der Waals surface area contributed by atoms with Crippen molar-refractivity contribution < 1.29 is 23.3 Å². The Bertz CT molecular complexity index is 639. The van der Waals surface area contributed by atoms with Crippen LogP contribution in [0.25, 0.3) is 0 Å². The number of rotatable bonds is 7. The normalized spacial score (nSPS) is 14.2. The maximum absolute atomic E-state index is 11.9. The van der Waals surface area contributed by atoms with E-state index in [1.54, 1.807) is 0 Å². The molecule has 7 nitrogen and oxygen atoms in total. The summed E-state index contributed by atoms with van der Waals surface area (Å²) in [4.78, 5) is 23.5. The zero-order valence-electron chi connectivity index (χ0n) is 13.5. The van der Waals surface area contributed by atoms with Crippen molar-refractivity contribution >= 4 is 21.8 Å². The monoisotopic (exact) mass is 342 g/mol. The minimum Gasteiger partial charge on any atom is -0.467 e. The van der Waals surface area contributed by atoms with E-state index in [0.717, 1.165) is 5.56 Å². The number of hydrogen-bond donors (Lipinski definition) is 1. The second kappa shape index (κ2) is 9.14. The van der Waals surface area contributed by atoms with Crippen LogP contribution in [-0.4, -0.2) is 48.5 Å². The lowest BCUT2D eigenvalue weighted by molar-refractivity contribution is -0.143. The van der Waals surface area contributed by atoms with E-state index >= 15 is 0 Å². The van der Waals surface area contributed by atoms with Gasteiger partial charge in [0.2, 0.25) is 0 Å². The van der Waals surface area contributed by atoms with Gasteiger partial charge in [-0.2, -0.15) is 0 Å². The highest BCUT2D eigenvalue weighted by Gasteiger charge is 2.23. The van der Waals surface area contributed by atoms with Crippen molar-refractivity contribution in [1.82, 2.24) is 5.32 Å². The molecule has 0 aliphatic carbocycles. The highest BCUT2D eigenvalue weighted by atomic mass is 32.2. The first-order valence-corrected chi connectivity index (χ1v) is 9.10. The zero-order valence-corrected chi connectivity index (χ0v) is 14.3. The number of benzene rings is 1. The third kappa shape index (κ3) is 7.14. The Balaban J connectivity index is 2.57. The summed E-state index contributed by atoms with van der Waals surface area (Å²) < 4.78 is 25.4. The van der Waals surface area contributed by atoms with Crippen LogP contribution in [0.5, 0.6) is 0 Å². The van der Waals surface area contributed by atoms with Gasteiger partial charge in [0.25, 0.3) is 0 Å². The van der Waals surface area contributed by atoms with Crippen molar-refractivity contribution in [3.05, 3.63) is 35.9 Å². The first kappa shape index (κ1) is 19.0. The Kier molecular flexibility index (Phi) is 7.53. The molecular formula is C15H22N2O5S. The fraction of sp³-hybridized carbons (Fsp3) is 0.467. The quantitative estimate of drug-likeness (QED) is 0.759. The largest absolute Gasteiger partial charge is 0.467 e. The molecule has 0 aliphatic rings. The molecule has 1 N–H and O–H groups in total. The number of amides is 1. The molecule has 0 heterocycles. The molecule has 0 saturated heterocycles. The van der Waals surface area contributed by atoms with Crippen molar-refractivity contribution in [3.8, 4) is 0 Å². The van der Waals surface area contributed by atoms with Crippen LogP contribution in [0.15, 0.2) is 34.7 Å². The minimum atomic E-state index is -2.37. The van der Waals surface area contributed by atoms with E-state index in [0.29, 0.717) is 0 Å². The Morgan fingerprint density at radius 3 is 2.52 bits per heavy atom. The van der Waals surface area contributed by atoms with Gasteiger partial charge in [-0.05, 0) is 12.0 Å². The Morgan fingerprint density at radius 2 is 1.96 bits per heavy atom. The molecule has 0 fully saturated rings. The lowest BCUT2D eigenvalue weighted by atomic mass is 10.2. The molecule has 0 spiro atoms. The highest BCUT2D eigenvalue weighted by molar-refractivity contribution is 7.92. The number of carbonyl (C=O) groups is 2. The third-order valence-electron chi connectivity index (χ3n) is 3.16. The van der Waals surface area contributed by atoms with E-state index in [9.17, 15) is 13.8 Å². The van der Waals surface area contributed by atoms with Crippen LogP contribution >= 0.6 is 0 Å². The van der Waals surface area contributed by atoms with Gasteiger partial charge in [-0.25, -0.2) is 14.0 Å². The number of methoxy groups -OCH3 is 1. The van der Waals surface area contributed by atoms with E-state index in [4.69, 9.17) is 4.74 Å². The van der Waals surface area contributed by atoms with Crippen LogP contribution in [0.4, 0.5) is 4.79 Å². The molecule has 0 radical (unpaired) electrons. The topological polar surface area (TPSA) is 94.1 Å². The molecular weight excluding hydrogens is 320 g/mol. The SMILES string of the molecule is CN=S(C)(=O)CCC(NC(=O)OCc1ccccc1)C(=O)OC. The predicted molar refractivity (Wildman–Crippen MR) is 87.5 cm³/mol. The number of alkyl carbamates (subject to hydrolysis) is 1. The summed E-state index contributed by atoms with van der Waals surface area (Å²) in [6.45, 7) is 0.0926. The number of ether oxygens (including phenoxy) is 2. The highest BCUT2D eigenvalue weighted by Crippen LogP contribution is 2.04. The minimum absolute atomic E-state index is 0.0926. The van der Waals surface area contributed by atoms with Gasteiger partial charge in [-0.1, -0.05) is 30.3 Å². The summed E-state index contributed by atoms with van der Waals surface area (Å²) in [7, 11) is 0.305. The van der Waals surface area contributed by atoms with E-state index in [-0.39, 0.29) is 18.8 Å². The smallest absolute Gasteiger partial charge is 0.408 e. The van der Waals surface area contributed by atoms with Crippen LogP contribution < -0.4 is 5.32 Å². The number of carbonyl (C=O) groups excluding carboxylic acids is 2. The van der Waals surface area contributed by atoms with Gasteiger partial charge in [0.1, 0.15) is 12.6 Å². The van der Waals surface area contributed by atoms with Gasteiger partial charge in [-0.15, -0.1) is 0 Å². The molecule has 0 aromatic heterocycles. The second-order valence-corrected chi connectivity index (χ2v) is 7.61. The number of hydrogen-bond acceptors (Lipinski definition) is 6. The summed E-state index contributed by atoms with van der Waals surface area (Å²) >= 11 is 0. The average Bonchev–Trinajstić information content (AvgIpc) is 2.57. The van der Waals surface area contributed by atoms with Crippen LogP contribution in [0.1, 0.15) is 12.0 Å². The summed E-state index contributed by atoms with van der Waals surface area (Å²) in [6.07, 6.45) is 0.912. The van der Waals surface area contributed by atoms with Gasteiger partial charge >= 0.3 is 12.1 Å². The average molecular weight is 342 g/mol. The Labute approximate surface area is 136 Å². The van der Waals surface area contributed by atoms with Crippen LogP contribution in [0, 0.1) is 0 Å². The molecule has 2 atom stereocenters.